The lowest BCUT2D eigenvalue weighted by atomic mass is 9.91. The summed E-state index contributed by atoms with van der Waals surface area (Å²) in [5.41, 5.74) is 1.74. The van der Waals surface area contributed by atoms with Gasteiger partial charge in [-0.1, -0.05) is 38.3 Å². The van der Waals surface area contributed by atoms with Crippen molar-refractivity contribution in [3.63, 3.8) is 0 Å². The van der Waals surface area contributed by atoms with Gasteiger partial charge in [0.25, 0.3) is 0 Å². The van der Waals surface area contributed by atoms with Gasteiger partial charge in [0.15, 0.2) is 0 Å². The second-order valence-corrected chi connectivity index (χ2v) is 8.95. The van der Waals surface area contributed by atoms with Gasteiger partial charge in [-0.2, -0.15) is 23.5 Å². The van der Waals surface area contributed by atoms with Crippen molar-refractivity contribution >= 4 is 23.5 Å². The van der Waals surface area contributed by atoms with Crippen LogP contribution < -0.4 is 5.32 Å². The average molecular weight is 328 g/mol. The van der Waals surface area contributed by atoms with E-state index in [4.69, 9.17) is 0 Å². The van der Waals surface area contributed by atoms with Crippen LogP contribution in [0, 0.1) is 0 Å². The van der Waals surface area contributed by atoms with Crippen molar-refractivity contribution in [2.45, 2.75) is 81.8 Å². The van der Waals surface area contributed by atoms with Gasteiger partial charge >= 0.3 is 0 Å². The number of allylic oxidation sites excluding steroid dienone is 1. The number of thioether (sulfide) groups is 2. The molecule has 1 saturated heterocycles. The molecule has 0 aromatic heterocycles. The molecule has 3 unspecified atom stereocenters. The van der Waals surface area contributed by atoms with Gasteiger partial charge in [0.05, 0.1) is 0 Å². The first kappa shape index (κ1) is 17.7. The fourth-order valence-corrected chi connectivity index (χ4v) is 6.77. The van der Waals surface area contributed by atoms with Gasteiger partial charge in [-0.05, 0) is 45.1 Å². The summed E-state index contributed by atoms with van der Waals surface area (Å²) in [7, 11) is 0. The van der Waals surface area contributed by atoms with E-state index in [1.807, 2.05) is 0 Å². The fraction of sp³-hybridized carbons (Fsp3) is 0.889. The van der Waals surface area contributed by atoms with Gasteiger partial charge in [0.1, 0.15) is 0 Å². The van der Waals surface area contributed by atoms with Crippen LogP contribution in [0.15, 0.2) is 11.6 Å². The fourth-order valence-electron chi connectivity index (χ4n) is 3.50. The molecule has 3 atom stereocenters. The highest BCUT2D eigenvalue weighted by molar-refractivity contribution is 8.07. The maximum Gasteiger partial charge on any atom is 0.0410 e. The van der Waals surface area contributed by atoms with E-state index in [9.17, 15) is 0 Å². The predicted octanol–water partition coefficient (Wildman–Crippen LogP) is 5.26. The molecule has 1 aliphatic carbocycles. The van der Waals surface area contributed by atoms with E-state index in [0.717, 1.165) is 10.5 Å². The third-order valence-electron chi connectivity index (χ3n) is 4.66. The highest BCUT2D eigenvalue weighted by atomic mass is 32.2. The Morgan fingerprint density at radius 3 is 2.76 bits per heavy atom. The lowest BCUT2D eigenvalue weighted by Crippen LogP contribution is -2.46. The SMILES string of the molecule is CCCNC(C1=CCCCCCC1)C1SCCSC1CC. The van der Waals surface area contributed by atoms with E-state index < -0.39 is 0 Å². The molecule has 0 aromatic rings. The maximum atomic E-state index is 3.92. The first-order chi connectivity index (χ1) is 10.4. The largest absolute Gasteiger partial charge is 0.309 e. The molecule has 0 amide bonds. The molecule has 0 aromatic carbocycles. The highest BCUT2D eigenvalue weighted by Crippen LogP contribution is 2.38. The minimum atomic E-state index is 0.630. The van der Waals surface area contributed by atoms with E-state index >= 15 is 0 Å². The van der Waals surface area contributed by atoms with Crippen molar-refractivity contribution in [1.82, 2.24) is 5.32 Å². The van der Waals surface area contributed by atoms with Gasteiger partial charge in [-0.3, -0.25) is 0 Å². The third-order valence-corrected chi connectivity index (χ3v) is 8.01. The lowest BCUT2D eigenvalue weighted by molar-refractivity contribution is 0.499. The maximum absolute atomic E-state index is 3.92. The Kier molecular flexibility index (Phi) is 8.64. The smallest absolute Gasteiger partial charge is 0.0410 e. The van der Waals surface area contributed by atoms with Crippen molar-refractivity contribution in [2.75, 3.05) is 18.1 Å². The molecule has 21 heavy (non-hydrogen) atoms. The molecule has 1 fully saturated rings. The van der Waals surface area contributed by atoms with Gasteiger partial charge in [-0.25, -0.2) is 0 Å². The van der Waals surface area contributed by atoms with Crippen LogP contribution in [-0.4, -0.2) is 34.6 Å². The van der Waals surface area contributed by atoms with Gasteiger partial charge < -0.3 is 5.32 Å². The Morgan fingerprint density at radius 2 is 1.95 bits per heavy atom. The molecule has 1 heterocycles. The van der Waals surface area contributed by atoms with Crippen LogP contribution in [-0.2, 0) is 0 Å². The lowest BCUT2D eigenvalue weighted by Gasteiger charge is -2.38. The number of hydrogen-bond acceptors (Lipinski definition) is 3. The Bertz CT molecular complexity index is 316. The van der Waals surface area contributed by atoms with E-state index in [1.54, 1.807) is 5.57 Å². The summed E-state index contributed by atoms with van der Waals surface area (Å²) in [6, 6.07) is 0.630. The predicted molar refractivity (Wildman–Crippen MR) is 101 cm³/mol. The summed E-state index contributed by atoms with van der Waals surface area (Å²) in [5.74, 6) is 2.68. The molecular weight excluding hydrogens is 294 g/mol. The van der Waals surface area contributed by atoms with Crippen molar-refractivity contribution in [3.8, 4) is 0 Å². The monoisotopic (exact) mass is 327 g/mol. The van der Waals surface area contributed by atoms with E-state index in [1.165, 1.54) is 69.4 Å². The van der Waals surface area contributed by atoms with Crippen LogP contribution in [0.1, 0.15) is 65.2 Å². The van der Waals surface area contributed by atoms with Crippen LogP contribution in [0.3, 0.4) is 0 Å². The van der Waals surface area contributed by atoms with Crippen LogP contribution in [0.5, 0.6) is 0 Å². The highest BCUT2D eigenvalue weighted by Gasteiger charge is 2.33. The Labute approximate surface area is 140 Å². The second-order valence-electron chi connectivity index (χ2n) is 6.32. The molecule has 2 aliphatic rings. The van der Waals surface area contributed by atoms with Crippen LogP contribution in [0.2, 0.25) is 0 Å². The van der Waals surface area contributed by atoms with Crippen LogP contribution in [0.25, 0.3) is 0 Å². The third kappa shape index (κ3) is 5.51. The summed E-state index contributed by atoms with van der Waals surface area (Å²) >= 11 is 4.45. The second kappa shape index (κ2) is 10.2. The summed E-state index contributed by atoms with van der Waals surface area (Å²) < 4.78 is 0. The van der Waals surface area contributed by atoms with Gasteiger partial charge in [0, 0.05) is 28.0 Å². The van der Waals surface area contributed by atoms with Crippen molar-refractivity contribution < 1.29 is 0 Å². The first-order valence-corrected chi connectivity index (χ1v) is 11.1. The normalized spacial score (nSPS) is 29.3. The first-order valence-electron chi connectivity index (χ1n) is 9.02. The quantitative estimate of drug-likeness (QED) is 0.668. The number of nitrogens with one attached hydrogen (secondary N) is 1. The summed E-state index contributed by atoms with van der Waals surface area (Å²) in [6.07, 6.45) is 13.5. The molecule has 1 N–H and O–H groups in total. The zero-order valence-corrected chi connectivity index (χ0v) is 15.5. The molecule has 0 bridgehead atoms. The Hall–Kier alpha value is 0.400. The molecule has 2 rings (SSSR count). The summed E-state index contributed by atoms with van der Waals surface area (Å²) in [5, 5.41) is 5.54. The molecule has 122 valence electrons. The minimum Gasteiger partial charge on any atom is -0.309 e. The molecular formula is C18H33NS2. The van der Waals surface area contributed by atoms with E-state index in [0.29, 0.717) is 6.04 Å². The molecule has 1 aliphatic heterocycles. The van der Waals surface area contributed by atoms with Crippen molar-refractivity contribution in [1.29, 1.82) is 0 Å². The van der Waals surface area contributed by atoms with Gasteiger partial charge in [-0.15, -0.1) is 0 Å². The van der Waals surface area contributed by atoms with Gasteiger partial charge in [0.2, 0.25) is 0 Å². The molecule has 0 spiro atoms. The zero-order valence-electron chi connectivity index (χ0n) is 13.9. The van der Waals surface area contributed by atoms with E-state index in [2.05, 4.69) is 48.8 Å². The molecule has 0 saturated carbocycles. The topological polar surface area (TPSA) is 12.0 Å². The Morgan fingerprint density at radius 1 is 1.14 bits per heavy atom. The van der Waals surface area contributed by atoms with Crippen molar-refractivity contribution in [3.05, 3.63) is 11.6 Å². The summed E-state index contributed by atoms with van der Waals surface area (Å²) in [6.45, 7) is 5.83. The zero-order chi connectivity index (χ0) is 14.9. The van der Waals surface area contributed by atoms with Crippen LogP contribution in [0.4, 0.5) is 0 Å². The number of rotatable bonds is 6. The minimum absolute atomic E-state index is 0.630. The molecule has 0 radical (unpaired) electrons. The Balaban J connectivity index is 2.10. The standard InChI is InChI=1S/C18H33NS2/c1-3-12-19-17(15-10-8-6-5-7-9-11-15)18-16(4-2)20-13-14-21-18/h10,16-19H,3-9,11-14H2,1-2H3. The summed E-state index contributed by atoms with van der Waals surface area (Å²) in [4.78, 5) is 0. The average Bonchev–Trinajstić information content (AvgIpc) is 2.49. The van der Waals surface area contributed by atoms with Crippen LogP contribution >= 0.6 is 23.5 Å². The number of hydrogen-bond donors (Lipinski definition) is 1. The van der Waals surface area contributed by atoms with E-state index in [-0.39, 0.29) is 0 Å². The molecule has 1 nitrogen and oxygen atoms in total. The van der Waals surface area contributed by atoms with Crippen molar-refractivity contribution in [2.24, 2.45) is 0 Å². The molecule has 3 heteroatoms.